The Balaban J connectivity index is 2.29. The smallest absolute Gasteiger partial charge is 0.340 e. The Kier molecular flexibility index (Phi) is 5.31. The van der Waals surface area contributed by atoms with E-state index < -0.39 is 22.1 Å². The van der Waals surface area contributed by atoms with Crippen LogP contribution < -0.4 is 5.14 Å². The normalized spacial score (nSPS) is 12.7. The predicted molar refractivity (Wildman–Crippen MR) is 88.1 cm³/mol. The molecule has 0 unspecified atom stereocenters. The number of esters is 1. The number of hydrogen-bond acceptors (Lipinski definition) is 4. The lowest BCUT2D eigenvalue weighted by atomic mass is 10.1. The largest absolute Gasteiger partial charge is 0.454 e. The van der Waals surface area contributed by atoms with E-state index in [0.717, 1.165) is 6.07 Å². The van der Waals surface area contributed by atoms with Crippen LogP contribution in [0.1, 0.15) is 28.9 Å². The van der Waals surface area contributed by atoms with Crippen molar-refractivity contribution in [2.45, 2.75) is 17.9 Å². The highest BCUT2D eigenvalue weighted by Gasteiger charge is 2.20. The molecule has 0 bridgehead atoms. The van der Waals surface area contributed by atoms with E-state index in [9.17, 15) is 13.2 Å². The third-order valence-corrected chi connectivity index (χ3v) is 4.70. The van der Waals surface area contributed by atoms with E-state index in [0.29, 0.717) is 10.6 Å². The molecule has 0 radical (unpaired) electrons. The van der Waals surface area contributed by atoms with E-state index in [1.54, 1.807) is 31.2 Å². The van der Waals surface area contributed by atoms with Crippen LogP contribution in [0.25, 0.3) is 0 Å². The maximum atomic E-state index is 12.3. The summed E-state index contributed by atoms with van der Waals surface area (Å²) < 4.78 is 28.1. The molecule has 1 atom stereocenters. The Morgan fingerprint density at radius 3 is 2.39 bits per heavy atom. The van der Waals surface area contributed by atoms with Gasteiger partial charge in [0, 0.05) is 10.6 Å². The second kappa shape index (κ2) is 6.88. The maximum absolute atomic E-state index is 12.3. The van der Waals surface area contributed by atoms with Gasteiger partial charge in [-0.25, -0.2) is 18.4 Å². The molecule has 2 N–H and O–H groups in total. The Morgan fingerprint density at radius 2 is 1.78 bits per heavy atom. The van der Waals surface area contributed by atoms with Crippen LogP contribution in [-0.4, -0.2) is 14.4 Å². The first-order valence-corrected chi connectivity index (χ1v) is 8.78. The van der Waals surface area contributed by atoms with Crippen LogP contribution in [0, 0.1) is 0 Å². The second-order valence-corrected chi connectivity index (χ2v) is 7.13. The van der Waals surface area contributed by atoms with E-state index in [2.05, 4.69) is 0 Å². The summed E-state index contributed by atoms with van der Waals surface area (Å²) in [4.78, 5) is 12.0. The van der Waals surface area contributed by atoms with Crippen LogP contribution in [0.2, 0.25) is 10.0 Å². The average molecular weight is 374 g/mol. The first kappa shape index (κ1) is 17.7. The number of carbonyl (C=O) groups is 1. The van der Waals surface area contributed by atoms with Crippen molar-refractivity contribution in [2.24, 2.45) is 5.14 Å². The molecule has 0 saturated heterocycles. The predicted octanol–water partition coefficient (Wildman–Crippen LogP) is 3.56. The van der Waals surface area contributed by atoms with Crippen molar-refractivity contribution in [3.05, 3.63) is 63.6 Å². The topological polar surface area (TPSA) is 86.5 Å². The SMILES string of the molecule is C[C@H](OC(=O)c1cc(S(N)(=O)=O)ccc1Cl)c1ccccc1Cl. The van der Waals surface area contributed by atoms with E-state index in [4.69, 9.17) is 33.1 Å². The summed E-state index contributed by atoms with van der Waals surface area (Å²) in [6, 6.07) is 10.5. The van der Waals surface area contributed by atoms with Crippen molar-refractivity contribution in [1.29, 1.82) is 0 Å². The summed E-state index contributed by atoms with van der Waals surface area (Å²) in [5, 5.41) is 5.57. The molecular weight excluding hydrogens is 361 g/mol. The van der Waals surface area contributed by atoms with E-state index >= 15 is 0 Å². The third kappa shape index (κ3) is 4.23. The van der Waals surface area contributed by atoms with E-state index in [-0.39, 0.29) is 15.5 Å². The highest BCUT2D eigenvalue weighted by Crippen LogP contribution is 2.27. The molecule has 0 aliphatic carbocycles. The first-order valence-electron chi connectivity index (χ1n) is 6.48. The molecule has 8 heteroatoms. The lowest BCUT2D eigenvalue weighted by molar-refractivity contribution is 0.0338. The molecule has 0 heterocycles. The Morgan fingerprint density at radius 1 is 1.13 bits per heavy atom. The van der Waals surface area contributed by atoms with Gasteiger partial charge in [-0.3, -0.25) is 0 Å². The molecule has 5 nitrogen and oxygen atoms in total. The van der Waals surface area contributed by atoms with Gasteiger partial charge in [-0.05, 0) is 31.2 Å². The van der Waals surface area contributed by atoms with Crippen LogP contribution in [0.15, 0.2) is 47.4 Å². The molecular formula is C15H13Cl2NO4S. The standard InChI is InChI=1S/C15H13Cl2NO4S/c1-9(11-4-2-3-5-13(11)16)22-15(19)12-8-10(23(18,20)21)6-7-14(12)17/h2-9H,1H3,(H2,18,20,21)/t9-/m0/s1. The van der Waals surface area contributed by atoms with Gasteiger partial charge >= 0.3 is 5.97 Å². The lowest BCUT2D eigenvalue weighted by Crippen LogP contribution is -2.15. The second-order valence-electron chi connectivity index (χ2n) is 4.76. The number of nitrogens with two attached hydrogens (primary N) is 1. The van der Waals surface area contributed by atoms with Gasteiger partial charge in [0.1, 0.15) is 6.10 Å². The lowest BCUT2D eigenvalue weighted by Gasteiger charge is -2.15. The number of rotatable bonds is 4. The van der Waals surface area contributed by atoms with Gasteiger partial charge in [0.2, 0.25) is 10.0 Å². The first-order chi connectivity index (χ1) is 10.7. The number of sulfonamides is 1. The minimum atomic E-state index is -3.95. The van der Waals surface area contributed by atoms with Crippen molar-refractivity contribution in [2.75, 3.05) is 0 Å². The van der Waals surface area contributed by atoms with Gasteiger partial charge in [-0.15, -0.1) is 0 Å². The molecule has 122 valence electrons. The minimum Gasteiger partial charge on any atom is -0.454 e. The molecule has 0 aliphatic rings. The fourth-order valence-corrected chi connectivity index (χ4v) is 2.95. The van der Waals surface area contributed by atoms with Crippen molar-refractivity contribution in [3.8, 4) is 0 Å². The average Bonchev–Trinajstić information content (AvgIpc) is 2.46. The number of halogens is 2. The number of hydrogen-bond donors (Lipinski definition) is 1. The van der Waals surface area contributed by atoms with Crippen molar-refractivity contribution in [1.82, 2.24) is 0 Å². The highest BCUT2D eigenvalue weighted by atomic mass is 35.5. The van der Waals surface area contributed by atoms with Gasteiger partial charge in [-0.2, -0.15) is 0 Å². The summed E-state index contributed by atoms with van der Waals surface area (Å²) in [5.74, 6) is -0.770. The van der Waals surface area contributed by atoms with Crippen LogP contribution >= 0.6 is 23.2 Å². The van der Waals surface area contributed by atoms with Crippen LogP contribution in [0.3, 0.4) is 0 Å². The van der Waals surface area contributed by atoms with Crippen molar-refractivity contribution >= 4 is 39.2 Å². The summed E-state index contributed by atoms with van der Waals surface area (Å²) in [7, 11) is -3.95. The molecule has 0 saturated carbocycles. The Bertz CT molecular complexity index is 852. The number of ether oxygens (including phenoxy) is 1. The zero-order valence-corrected chi connectivity index (χ0v) is 14.3. The zero-order chi connectivity index (χ0) is 17.2. The Hall–Kier alpha value is -1.60. The van der Waals surface area contributed by atoms with Gasteiger partial charge in [0.25, 0.3) is 0 Å². The number of carbonyl (C=O) groups excluding carboxylic acids is 1. The molecule has 0 amide bonds. The van der Waals surface area contributed by atoms with E-state index in [1.165, 1.54) is 12.1 Å². The fourth-order valence-electron chi connectivity index (χ4n) is 1.93. The minimum absolute atomic E-state index is 0.0637. The number of benzene rings is 2. The summed E-state index contributed by atoms with van der Waals surface area (Å²) in [6.45, 7) is 1.65. The van der Waals surface area contributed by atoms with Gasteiger partial charge < -0.3 is 4.74 Å². The zero-order valence-electron chi connectivity index (χ0n) is 12.0. The summed E-state index contributed by atoms with van der Waals surface area (Å²) >= 11 is 12.0. The molecule has 0 aliphatic heterocycles. The molecule has 0 fully saturated rings. The number of primary sulfonamides is 1. The quantitative estimate of drug-likeness (QED) is 0.829. The van der Waals surface area contributed by atoms with Gasteiger partial charge in [0.05, 0.1) is 15.5 Å². The van der Waals surface area contributed by atoms with Crippen LogP contribution in [0.4, 0.5) is 0 Å². The van der Waals surface area contributed by atoms with Gasteiger partial charge in [-0.1, -0.05) is 41.4 Å². The Labute approximate surface area is 144 Å². The summed E-state index contributed by atoms with van der Waals surface area (Å²) in [6.07, 6.45) is -0.634. The molecule has 0 aromatic heterocycles. The van der Waals surface area contributed by atoms with Gasteiger partial charge in [0.15, 0.2) is 0 Å². The maximum Gasteiger partial charge on any atom is 0.340 e. The molecule has 2 rings (SSSR count). The van der Waals surface area contributed by atoms with Crippen LogP contribution in [0.5, 0.6) is 0 Å². The third-order valence-electron chi connectivity index (χ3n) is 3.11. The highest BCUT2D eigenvalue weighted by molar-refractivity contribution is 7.89. The molecule has 0 spiro atoms. The molecule has 2 aromatic carbocycles. The van der Waals surface area contributed by atoms with Crippen molar-refractivity contribution < 1.29 is 17.9 Å². The monoisotopic (exact) mass is 373 g/mol. The van der Waals surface area contributed by atoms with Crippen LogP contribution in [-0.2, 0) is 14.8 Å². The van der Waals surface area contributed by atoms with E-state index in [1.807, 2.05) is 0 Å². The fraction of sp³-hybridized carbons (Fsp3) is 0.133. The summed E-state index contributed by atoms with van der Waals surface area (Å²) in [5.41, 5.74) is 0.540. The molecule has 23 heavy (non-hydrogen) atoms. The molecule has 2 aromatic rings. The van der Waals surface area contributed by atoms with Crippen molar-refractivity contribution in [3.63, 3.8) is 0 Å².